The van der Waals surface area contributed by atoms with Crippen LogP contribution in [0.25, 0.3) is 0 Å². The molecular formula is C10H18O9. The van der Waals surface area contributed by atoms with Crippen LogP contribution in [0.4, 0.5) is 0 Å². The number of ether oxygens (including phenoxy) is 1. The Labute approximate surface area is 110 Å². The van der Waals surface area contributed by atoms with Gasteiger partial charge in [0.05, 0.1) is 14.1 Å². The summed E-state index contributed by atoms with van der Waals surface area (Å²) in [6, 6.07) is 0. The van der Waals surface area contributed by atoms with Crippen LogP contribution in [-0.4, -0.2) is 86.6 Å². The highest BCUT2D eigenvalue weighted by atomic mass is 16.5. The van der Waals surface area contributed by atoms with Crippen LogP contribution in [0.3, 0.4) is 0 Å². The van der Waals surface area contributed by atoms with Crippen molar-refractivity contribution in [2.75, 3.05) is 13.7 Å². The Balaban J connectivity index is 4.73. The standard InChI is InChI=1S/C10H18O9/c1-19-9(6(14)3-11)8(16)7(15)4(12)2-5(13)10(17)18/h4,6-9,11-12,14-16H,2-3H2,1H3,(H,17,18)/t4-,6+,7+,8+,9+/m0/s1/i1D. The average molecular weight is 283 g/mol. The van der Waals surface area contributed by atoms with Crippen LogP contribution in [0.5, 0.6) is 0 Å². The van der Waals surface area contributed by atoms with Gasteiger partial charge in [-0.25, -0.2) is 4.79 Å². The molecule has 5 atom stereocenters. The third-order valence-electron chi connectivity index (χ3n) is 2.47. The van der Waals surface area contributed by atoms with Gasteiger partial charge in [-0.3, -0.25) is 4.79 Å². The van der Waals surface area contributed by atoms with Crippen LogP contribution in [0.1, 0.15) is 7.79 Å². The molecule has 0 saturated carbocycles. The van der Waals surface area contributed by atoms with E-state index in [9.17, 15) is 30.0 Å². The van der Waals surface area contributed by atoms with E-state index in [0.717, 1.165) is 0 Å². The van der Waals surface area contributed by atoms with E-state index in [2.05, 4.69) is 4.74 Å². The predicted molar refractivity (Wildman–Crippen MR) is 59.2 cm³/mol. The van der Waals surface area contributed by atoms with Gasteiger partial charge in [-0.15, -0.1) is 0 Å². The fourth-order valence-corrected chi connectivity index (χ4v) is 1.36. The molecule has 6 N–H and O–H groups in total. The van der Waals surface area contributed by atoms with E-state index in [1.54, 1.807) is 0 Å². The summed E-state index contributed by atoms with van der Waals surface area (Å²) in [4.78, 5) is 21.2. The summed E-state index contributed by atoms with van der Waals surface area (Å²) in [6.07, 6.45) is -10.0. The van der Waals surface area contributed by atoms with Gasteiger partial charge in [-0.2, -0.15) is 0 Å². The number of carbonyl (C=O) groups excluding carboxylic acids is 1. The number of methoxy groups -OCH3 is 1. The molecule has 112 valence electrons. The van der Waals surface area contributed by atoms with Crippen molar-refractivity contribution in [2.45, 2.75) is 36.9 Å². The molecule has 0 aliphatic carbocycles. The van der Waals surface area contributed by atoms with Crippen molar-refractivity contribution < 1.29 is 46.3 Å². The van der Waals surface area contributed by atoms with Gasteiger partial charge < -0.3 is 35.4 Å². The van der Waals surface area contributed by atoms with Crippen LogP contribution in [0.2, 0.25) is 0 Å². The number of aliphatic hydroxyl groups excluding tert-OH is 5. The number of hydrogen-bond acceptors (Lipinski definition) is 8. The van der Waals surface area contributed by atoms with Crippen molar-refractivity contribution in [2.24, 2.45) is 0 Å². The Kier molecular flexibility index (Phi) is 6.84. The minimum atomic E-state index is -2.00. The molecule has 0 aromatic carbocycles. The quantitative estimate of drug-likeness (QED) is 0.235. The van der Waals surface area contributed by atoms with E-state index >= 15 is 0 Å². The molecule has 0 aromatic heterocycles. The zero-order valence-electron chi connectivity index (χ0n) is 10.9. The van der Waals surface area contributed by atoms with Crippen LogP contribution in [0.15, 0.2) is 0 Å². The lowest BCUT2D eigenvalue weighted by Crippen LogP contribution is -2.51. The first-order chi connectivity index (χ1) is 9.26. The maximum Gasteiger partial charge on any atom is 0.372 e. The highest BCUT2D eigenvalue weighted by Gasteiger charge is 2.36. The van der Waals surface area contributed by atoms with E-state index in [4.69, 9.17) is 11.6 Å². The van der Waals surface area contributed by atoms with Crippen LogP contribution >= 0.6 is 0 Å². The topological polar surface area (TPSA) is 165 Å². The highest BCUT2D eigenvalue weighted by Crippen LogP contribution is 2.13. The Morgan fingerprint density at radius 1 is 1.16 bits per heavy atom. The monoisotopic (exact) mass is 283 g/mol. The molecular weight excluding hydrogens is 264 g/mol. The fraction of sp³-hybridized carbons (Fsp3) is 0.800. The van der Waals surface area contributed by atoms with Gasteiger partial charge in [0.1, 0.15) is 24.4 Å². The summed E-state index contributed by atoms with van der Waals surface area (Å²) in [5.74, 6) is -3.18. The molecule has 0 amide bonds. The van der Waals surface area contributed by atoms with Crippen LogP contribution in [0, 0.1) is 0 Å². The number of aliphatic hydroxyl groups is 5. The molecule has 0 aliphatic rings. The summed E-state index contributed by atoms with van der Waals surface area (Å²) in [5, 5.41) is 55.1. The van der Waals surface area contributed by atoms with Gasteiger partial charge >= 0.3 is 5.97 Å². The van der Waals surface area contributed by atoms with Crippen molar-refractivity contribution in [3.63, 3.8) is 0 Å². The molecule has 0 spiro atoms. The molecule has 19 heavy (non-hydrogen) atoms. The summed E-state index contributed by atoms with van der Waals surface area (Å²) >= 11 is 0. The second-order valence-electron chi connectivity index (χ2n) is 3.86. The Hall–Kier alpha value is -1.10. The largest absolute Gasteiger partial charge is 0.475 e. The van der Waals surface area contributed by atoms with Crippen molar-refractivity contribution in [1.29, 1.82) is 0 Å². The second kappa shape index (κ2) is 8.15. The SMILES string of the molecule is [2H]CO[C@@H]([C@H](O)[C@H](O)[C@@H](O)CC(=O)C(=O)O)[C@H](O)CO. The first-order valence-electron chi connectivity index (χ1n) is 5.97. The molecule has 0 rings (SSSR count). The highest BCUT2D eigenvalue weighted by molar-refractivity contribution is 6.32. The van der Waals surface area contributed by atoms with Gasteiger partial charge in [-0.05, 0) is 0 Å². The minimum Gasteiger partial charge on any atom is -0.475 e. The van der Waals surface area contributed by atoms with E-state index < -0.39 is 62.4 Å². The molecule has 0 radical (unpaired) electrons. The molecule has 0 unspecified atom stereocenters. The zero-order chi connectivity index (χ0) is 15.9. The zero-order valence-corrected chi connectivity index (χ0v) is 9.92. The molecule has 0 heterocycles. The first-order valence-corrected chi connectivity index (χ1v) is 5.26. The number of carbonyl (C=O) groups is 2. The van der Waals surface area contributed by atoms with Gasteiger partial charge in [0.15, 0.2) is 0 Å². The number of carboxylic acid groups (broad SMARTS) is 1. The maximum absolute atomic E-state index is 10.9. The van der Waals surface area contributed by atoms with Gasteiger partial charge in [0.25, 0.3) is 0 Å². The van der Waals surface area contributed by atoms with E-state index in [1.165, 1.54) is 0 Å². The lowest BCUT2D eigenvalue weighted by Gasteiger charge is -2.30. The number of ketones is 1. The molecule has 0 aliphatic heterocycles. The Morgan fingerprint density at radius 3 is 2.16 bits per heavy atom. The first kappa shape index (κ1) is 16.0. The van der Waals surface area contributed by atoms with E-state index in [-0.39, 0.29) is 0 Å². The summed E-state index contributed by atoms with van der Waals surface area (Å²) in [7, 11) is -0.699. The van der Waals surface area contributed by atoms with Crippen molar-refractivity contribution >= 4 is 11.8 Å². The third-order valence-corrected chi connectivity index (χ3v) is 2.47. The van der Waals surface area contributed by atoms with Crippen molar-refractivity contribution in [3.05, 3.63) is 0 Å². The molecule has 0 bridgehead atoms. The van der Waals surface area contributed by atoms with Crippen molar-refractivity contribution in [3.8, 4) is 0 Å². The molecule has 0 aromatic rings. The lowest BCUT2D eigenvalue weighted by atomic mass is 9.96. The molecule has 9 nitrogen and oxygen atoms in total. The number of Topliss-reactive ketones (excluding diaryl/α,β-unsaturated/α-hetero) is 1. The minimum absolute atomic E-state index is 0.699. The van der Waals surface area contributed by atoms with Crippen LogP contribution in [-0.2, 0) is 14.3 Å². The molecule has 9 heteroatoms. The predicted octanol–water partition coefficient (Wildman–Crippen LogP) is -3.52. The normalized spacial score (nSPS) is 19.9. The smallest absolute Gasteiger partial charge is 0.372 e. The van der Waals surface area contributed by atoms with Gasteiger partial charge in [0.2, 0.25) is 5.78 Å². The fourth-order valence-electron chi connectivity index (χ4n) is 1.36. The Bertz CT molecular complexity index is 324. The molecule has 0 saturated heterocycles. The maximum atomic E-state index is 10.9. The van der Waals surface area contributed by atoms with Gasteiger partial charge in [-0.1, -0.05) is 0 Å². The lowest BCUT2D eigenvalue weighted by molar-refractivity contribution is -0.159. The van der Waals surface area contributed by atoms with Crippen molar-refractivity contribution in [1.82, 2.24) is 0 Å². The number of rotatable bonds is 9. The second-order valence-corrected chi connectivity index (χ2v) is 3.86. The molecule has 0 fully saturated rings. The van der Waals surface area contributed by atoms with E-state index in [0.29, 0.717) is 0 Å². The van der Waals surface area contributed by atoms with E-state index in [1.807, 2.05) is 0 Å². The average Bonchev–Trinajstić information content (AvgIpc) is 2.41. The third kappa shape index (κ3) is 5.19. The van der Waals surface area contributed by atoms with Gasteiger partial charge in [0, 0.05) is 13.5 Å². The summed E-state index contributed by atoms with van der Waals surface area (Å²) in [5.41, 5.74) is 0. The summed E-state index contributed by atoms with van der Waals surface area (Å²) < 4.78 is 11.4. The number of carboxylic acids is 1. The van der Waals surface area contributed by atoms with Crippen LogP contribution < -0.4 is 0 Å². The Morgan fingerprint density at radius 2 is 1.74 bits per heavy atom. The number of aliphatic carboxylic acids is 1. The summed E-state index contributed by atoms with van der Waals surface area (Å²) in [6.45, 7) is -0.835. The number of hydrogen-bond donors (Lipinski definition) is 6.